The van der Waals surface area contributed by atoms with Gasteiger partial charge in [-0.2, -0.15) is 0 Å². The number of nitrogens with one attached hydrogen (secondary N) is 1. The standard InChI is InChI=1S/C13H15NO3S/c1-2-3-8-14-13(15)12-9-10-6-4-5-7-11(10)18(12,16)17/h4-7,9H,2-3,8H2,1H3,(H,14,15). The molecule has 0 radical (unpaired) electrons. The average molecular weight is 265 g/mol. The predicted molar refractivity (Wildman–Crippen MR) is 69.5 cm³/mol. The van der Waals surface area contributed by atoms with Gasteiger partial charge in [0.05, 0.1) is 4.90 Å². The molecule has 4 nitrogen and oxygen atoms in total. The van der Waals surface area contributed by atoms with Gasteiger partial charge in [0.2, 0.25) is 9.84 Å². The number of hydrogen-bond donors (Lipinski definition) is 1. The van der Waals surface area contributed by atoms with Gasteiger partial charge in [-0.1, -0.05) is 31.5 Å². The van der Waals surface area contributed by atoms with E-state index in [9.17, 15) is 13.2 Å². The van der Waals surface area contributed by atoms with Crippen LogP contribution in [0.3, 0.4) is 0 Å². The molecule has 0 saturated heterocycles. The highest BCUT2D eigenvalue weighted by Crippen LogP contribution is 2.32. The molecule has 0 unspecified atom stereocenters. The molecule has 2 rings (SSSR count). The van der Waals surface area contributed by atoms with E-state index in [0.29, 0.717) is 12.1 Å². The van der Waals surface area contributed by atoms with Crippen molar-refractivity contribution in [3.63, 3.8) is 0 Å². The van der Waals surface area contributed by atoms with Crippen LogP contribution in [0.25, 0.3) is 6.08 Å². The predicted octanol–water partition coefficient (Wildman–Crippen LogP) is 1.73. The minimum absolute atomic E-state index is 0.153. The first-order valence-corrected chi connectivity index (χ1v) is 7.39. The van der Waals surface area contributed by atoms with Crippen LogP contribution in [0.2, 0.25) is 0 Å². The molecule has 1 aromatic rings. The molecule has 0 atom stereocenters. The number of hydrogen-bond acceptors (Lipinski definition) is 3. The van der Waals surface area contributed by atoms with Crippen molar-refractivity contribution < 1.29 is 13.2 Å². The van der Waals surface area contributed by atoms with Crippen LogP contribution in [0.5, 0.6) is 0 Å². The molecule has 0 fully saturated rings. The first-order valence-electron chi connectivity index (χ1n) is 5.91. The van der Waals surface area contributed by atoms with Gasteiger partial charge in [0, 0.05) is 6.54 Å². The van der Waals surface area contributed by atoms with E-state index < -0.39 is 15.7 Å². The molecule has 5 heteroatoms. The Morgan fingerprint density at radius 3 is 2.67 bits per heavy atom. The third-order valence-electron chi connectivity index (χ3n) is 2.82. The SMILES string of the molecule is CCCCNC(=O)C1=Cc2ccccc2S1(=O)=O. The zero-order chi connectivity index (χ0) is 13.2. The number of rotatable bonds is 4. The van der Waals surface area contributed by atoms with E-state index >= 15 is 0 Å². The van der Waals surface area contributed by atoms with E-state index in [1.54, 1.807) is 18.2 Å². The Balaban J connectivity index is 2.25. The second kappa shape index (κ2) is 4.94. The lowest BCUT2D eigenvalue weighted by Crippen LogP contribution is -2.28. The van der Waals surface area contributed by atoms with E-state index in [0.717, 1.165) is 12.8 Å². The van der Waals surface area contributed by atoms with Crippen LogP contribution in [-0.4, -0.2) is 20.9 Å². The summed E-state index contributed by atoms with van der Waals surface area (Å²) < 4.78 is 24.3. The minimum Gasteiger partial charge on any atom is -0.351 e. The molecule has 0 aliphatic carbocycles. The zero-order valence-electron chi connectivity index (χ0n) is 10.1. The fraction of sp³-hybridized carbons (Fsp3) is 0.308. The lowest BCUT2D eigenvalue weighted by atomic mass is 10.2. The number of unbranched alkanes of at least 4 members (excludes halogenated alkanes) is 1. The second-order valence-corrected chi connectivity index (χ2v) is 6.05. The van der Waals surface area contributed by atoms with Crippen molar-refractivity contribution in [2.24, 2.45) is 0 Å². The van der Waals surface area contributed by atoms with Crippen molar-refractivity contribution in [1.82, 2.24) is 5.32 Å². The molecule has 1 aliphatic rings. The zero-order valence-corrected chi connectivity index (χ0v) is 11.0. The summed E-state index contributed by atoms with van der Waals surface area (Å²) in [7, 11) is -3.63. The van der Waals surface area contributed by atoms with Gasteiger partial charge in [0.25, 0.3) is 5.91 Å². The van der Waals surface area contributed by atoms with Crippen LogP contribution in [-0.2, 0) is 14.6 Å². The van der Waals surface area contributed by atoms with Gasteiger partial charge in [-0.05, 0) is 24.1 Å². The summed E-state index contributed by atoms with van der Waals surface area (Å²) in [6.45, 7) is 2.51. The van der Waals surface area contributed by atoms with Gasteiger partial charge in [0.15, 0.2) is 0 Å². The molecule has 0 spiro atoms. The van der Waals surface area contributed by atoms with Crippen molar-refractivity contribution in [1.29, 1.82) is 0 Å². The van der Waals surface area contributed by atoms with E-state index in [1.807, 2.05) is 6.92 Å². The van der Waals surface area contributed by atoms with Crippen molar-refractivity contribution in [3.05, 3.63) is 34.7 Å². The Morgan fingerprint density at radius 2 is 2.00 bits per heavy atom. The third kappa shape index (κ3) is 2.18. The first-order chi connectivity index (χ1) is 8.57. The van der Waals surface area contributed by atoms with Gasteiger partial charge >= 0.3 is 0 Å². The van der Waals surface area contributed by atoms with Crippen LogP contribution in [0.4, 0.5) is 0 Å². The Kier molecular flexibility index (Phi) is 3.52. The second-order valence-electron chi connectivity index (χ2n) is 4.16. The minimum atomic E-state index is -3.63. The largest absolute Gasteiger partial charge is 0.351 e. The van der Waals surface area contributed by atoms with Crippen molar-refractivity contribution in [2.75, 3.05) is 6.54 Å². The first kappa shape index (κ1) is 12.8. The van der Waals surface area contributed by atoms with E-state index in [4.69, 9.17) is 0 Å². The number of carbonyl (C=O) groups excluding carboxylic acids is 1. The van der Waals surface area contributed by atoms with Crippen LogP contribution >= 0.6 is 0 Å². The average Bonchev–Trinajstić information content (AvgIpc) is 2.62. The maximum atomic E-state index is 12.1. The number of sulfone groups is 1. The number of benzene rings is 1. The molecule has 1 aliphatic heterocycles. The van der Waals surface area contributed by atoms with E-state index in [-0.39, 0.29) is 9.80 Å². The highest BCUT2D eigenvalue weighted by molar-refractivity contribution is 7.96. The van der Waals surface area contributed by atoms with Gasteiger partial charge in [-0.3, -0.25) is 4.79 Å². The van der Waals surface area contributed by atoms with Gasteiger partial charge in [-0.25, -0.2) is 8.42 Å². The Hall–Kier alpha value is -1.62. The summed E-state index contributed by atoms with van der Waals surface area (Å²) in [6, 6.07) is 6.62. The normalized spacial score (nSPS) is 15.9. The van der Waals surface area contributed by atoms with E-state index in [2.05, 4.69) is 5.32 Å². The van der Waals surface area contributed by atoms with Crippen molar-refractivity contribution >= 4 is 21.8 Å². The molecule has 0 bridgehead atoms. The van der Waals surface area contributed by atoms with Crippen molar-refractivity contribution in [2.45, 2.75) is 24.7 Å². The molecule has 1 aromatic carbocycles. The molecule has 18 heavy (non-hydrogen) atoms. The molecule has 0 aromatic heterocycles. The summed E-state index contributed by atoms with van der Waals surface area (Å²) in [4.78, 5) is 11.9. The number of fused-ring (bicyclic) bond motifs is 1. The highest BCUT2D eigenvalue weighted by Gasteiger charge is 2.33. The molecule has 1 amide bonds. The van der Waals surface area contributed by atoms with Gasteiger partial charge in [-0.15, -0.1) is 0 Å². The summed E-state index contributed by atoms with van der Waals surface area (Å²) in [5.74, 6) is -0.514. The molecule has 0 saturated carbocycles. The molecular formula is C13H15NO3S. The van der Waals surface area contributed by atoms with Crippen LogP contribution in [0.15, 0.2) is 34.1 Å². The van der Waals surface area contributed by atoms with Crippen LogP contribution in [0.1, 0.15) is 25.3 Å². The van der Waals surface area contributed by atoms with Gasteiger partial charge in [0.1, 0.15) is 4.91 Å². The highest BCUT2D eigenvalue weighted by atomic mass is 32.2. The Morgan fingerprint density at radius 1 is 1.28 bits per heavy atom. The fourth-order valence-electron chi connectivity index (χ4n) is 1.84. The Bertz CT molecular complexity index is 602. The quantitative estimate of drug-likeness (QED) is 0.843. The van der Waals surface area contributed by atoms with E-state index in [1.165, 1.54) is 12.1 Å². The lowest BCUT2D eigenvalue weighted by Gasteiger charge is -2.05. The van der Waals surface area contributed by atoms with Gasteiger partial charge < -0.3 is 5.32 Å². The summed E-state index contributed by atoms with van der Waals surface area (Å²) in [5.41, 5.74) is 0.582. The molecule has 96 valence electrons. The molecule has 1 N–H and O–H groups in total. The summed E-state index contributed by atoms with van der Waals surface area (Å²) >= 11 is 0. The lowest BCUT2D eigenvalue weighted by molar-refractivity contribution is -0.116. The summed E-state index contributed by atoms with van der Waals surface area (Å²) in [5, 5.41) is 2.63. The Labute approximate surface area is 107 Å². The third-order valence-corrected chi connectivity index (χ3v) is 4.66. The number of carbonyl (C=O) groups is 1. The molecular weight excluding hydrogens is 250 g/mol. The van der Waals surface area contributed by atoms with Crippen LogP contribution in [0, 0.1) is 0 Å². The topological polar surface area (TPSA) is 63.2 Å². The molecule has 1 heterocycles. The maximum absolute atomic E-state index is 12.1. The fourth-order valence-corrected chi connectivity index (χ4v) is 3.37. The van der Waals surface area contributed by atoms with Crippen molar-refractivity contribution in [3.8, 4) is 0 Å². The van der Waals surface area contributed by atoms with Crippen LogP contribution < -0.4 is 5.32 Å². The smallest absolute Gasteiger partial charge is 0.263 e. The monoisotopic (exact) mass is 265 g/mol. The summed E-state index contributed by atoms with van der Waals surface area (Å²) in [6.07, 6.45) is 3.23. The number of amides is 1. The maximum Gasteiger partial charge on any atom is 0.263 e.